The van der Waals surface area contributed by atoms with Crippen LogP contribution in [-0.2, 0) is 16.8 Å². The van der Waals surface area contributed by atoms with E-state index in [4.69, 9.17) is 4.98 Å². The van der Waals surface area contributed by atoms with Crippen LogP contribution in [0, 0.1) is 0 Å². The summed E-state index contributed by atoms with van der Waals surface area (Å²) < 4.78 is 1.96. The van der Waals surface area contributed by atoms with E-state index >= 15 is 0 Å². The summed E-state index contributed by atoms with van der Waals surface area (Å²) in [4.78, 5) is 21.7. The van der Waals surface area contributed by atoms with Crippen LogP contribution < -0.4 is 5.32 Å². The standard InChI is InChI=1S/C24H24N4O/c1-24(2,3)18-13-11-17(12-14-18)23-26-19-8-4-5-9-20(19)28(23)16-22(29)27-21-10-6-7-15-25-21/h4-15H,16H2,1-3H3,(H,25,27,29). The average molecular weight is 384 g/mol. The molecular formula is C24H24N4O. The van der Waals surface area contributed by atoms with Crippen molar-refractivity contribution in [1.82, 2.24) is 14.5 Å². The van der Waals surface area contributed by atoms with E-state index in [2.05, 4.69) is 55.3 Å². The molecule has 1 N–H and O–H groups in total. The topological polar surface area (TPSA) is 59.8 Å². The number of imidazole rings is 1. The summed E-state index contributed by atoms with van der Waals surface area (Å²) in [6.07, 6.45) is 1.66. The summed E-state index contributed by atoms with van der Waals surface area (Å²) in [6.45, 7) is 6.74. The van der Waals surface area contributed by atoms with Gasteiger partial charge in [0.25, 0.3) is 0 Å². The lowest BCUT2D eigenvalue weighted by Gasteiger charge is -2.19. The van der Waals surface area contributed by atoms with Gasteiger partial charge in [-0.25, -0.2) is 9.97 Å². The molecule has 0 unspecified atom stereocenters. The zero-order valence-electron chi connectivity index (χ0n) is 16.9. The SMILES string of the molecule is CC(C)(C)c1ccc(-c2nc3ccccc3n2CC(=O)Nc2ccccn2)cc1. The monoisotopic (exact) mass is 384 g/mol. The Hall–Kier alpha value is -3.47. The van der Waals surface area contributed by atoms with Crippen molar-refractivity contribution in [3.8, 4) is 11.4 Å². The maximum atomic E-state index is 12.7. The Balaban J connectivity index is 1.70. The molecule has 2 aromatic carbocycles. The Morgan fingerprint density at radius 2 is 1.69 bits per heavy atom. The molecule has 0 saturated carbocycles. The lowest BCUT2D eigenvalue weighted by molar-refractivity contribution is -0.116. The lowest BCUT2D eigenvalue weighted by atomic mass is 9.87. The Kier molecular flexibility index (Phi) is 4.89. The number of anilines is 1. The van der Waals surface area contributed by atoms with E-state index in [0.29, 0.717) is 5.82 Å². The van der Waals surface area contributed by atoms with Gasteiger partial charge in [0.1, 0.15) is 18.2 Å². The van der Waals surface area contributed by atoms with Gasteiger partial charge in [0.05, 0.1) is 11.0 Å². The van der Waals surface area contributed by atoms with E-state index in [1.165, 1.54) is 5.56 Å². The van der Waals surface area contributed by atoms with E-state index in [0.717, 1.165) is 22.4 Å². The van der Waals surface area contributed by atoms with Crippen LogP contribution in [0.1, 0.15) is 26.3 Å². The molecule has 5 heteroatoms. The van der Waals surface area contributed by atoms with Gasteiger partial charge in [-0.2, -0.15) is 0 Å². The molecule has 0 spiro atoms. The molecule has 0 fully saturated rings. The minimum atomic E-state index is -0.139. The quantitative estimate of drug-likeness (QED) is 0.536. The third kappa shape index (κ3) is 4.04. The first-order valence-corrected chi connectivity index (χ1v) is 9.69. The molecule has 4 aromatic rings. The minimum Gasteiger partial charge on any atom is -0.314 e. The van der Waals surface area contributed by atoms with E-state index in [1.54, 1.807) is 12.3 Å². The summed E-state index contributed by atoms with van der Waals surface area (Å²) in [5.74, 6) is 1.18. The number of pyridine rings is 1. The maximum absolute atomic E-state index is 12.7. The normalized spacial score (nSPS) is 11.6. The average Bonchev–Trinajstić information content (AvgIpc) is 3.06. The van der Waals surface area contributed by atoms with Crippen molar-refractivity contribution in [2.75, 3.05) is 5.32 Å². The van der Waals surface area contributed by atoms with Gasteiger partial charge in [0.15, 0.2) is 0 Å². The summed E-state index contributed by atoms with van der Waals surface area (Å²) in [5, 5.41) is 2.85. The third-order valence-electron chi connectivity index (χ3n) is 4.90. The molecule has 0 aliphatic heterocycles. The van der Waals surface area contributed by atoms with Gasteiger partial charge in [-0.05, 0) is 35.2 Å². The van der Waals surface area contributed by atoms with Crippen LogP contribution in [-0.4, -0.2) is 20.4 Å². The fraction of sp³-hybridized carbons (Fsp3) is 0.208. The largest absolute Gasteiger partial charge is 0.314 e. The molecule has 0 aliphatic carbocycles. The molecule has 0 atom stereocenters. The van der Waals surface area contributed by atoms with Gasteiger partial charge in [0.2, 0.25) is 5.91 Å². The molecule has 1 amide bonds. The van der Waals surface area contributed by atoms with Gasteiger partial charge in [-0.15, -0.1) is 0 Å². The number of aromatic nitrogens is 3. The Labute approximate surface area is 170 Å². The van der Waals surface area contributed by atoms with Gasteiger partial charge in [0, 0.05) is 11.8 Å². The molecule has 0 aliphatic rings. The van der Waals surface area contributed by atoms with Crippen molar-refractivity contribution in [1.29, 1.82) is 0 Å². The van der Waals surface area contributed by atoms with Crippen molar-refractivity contribution in [2.24, 2.45) is 0 Å². The highest BCUT2D eigenvalue weighted by Crippen LogP contribution is 2.28. The number of benzene rings is 2. The zero-order valence-corrected chi connectivity index (χ0v) is 16.9. The highest BCUT2D eigenvalue weighted by Gasteiger charge is 2.17. The predicted octanol–water partition coefficient (Wildman–Crippen LogP) is 5.03. The third-order valence-corrected chi connectivity index (χ3v) is 4.90. The highest BCUT2D eigenvalue weighted by molar-refractivity contribution is 5.91. The number of fused-ring (bicyclic) bond motifs is 1. The number of hydrogen-bond acceptors (Lipinski definition) is 3. The molecule has 4 rings (SSSR count). The van der Waals surface area contributed by atoms with Crippen LogP contribution >= 0.6 is 0 Å². The Bertz CT molecular complexity index is 1140. The van der Waals surface area contributed by atoms with Crippen LogP contribution in [0.3, 0.4) is 0 Å². The number of amides is 1. The summed E-state index contributed by atoms with van der Waals surface area (Å²) in [5.41, 5.74) is 4.13. The molecule has 2 heterocycles. The Morgan fingerprint density at radius 1 is 0.966 bits per heavy atom. The number of hydrogen-bond donors (Lipinski definition) is 1. The maximum Gasteiger partial charge on any atom is 0.245 e. The molecule has 0 saturated heterocycles. The molecule has 0 radical (unpaired) electrons. The number of para-hydroxylation sites is 2. The van der Waals surface area contributed by atoms with Crippen LogP contribution in [0.5, 0.6) is 0 Å². The fourth-order valence-corrected chi connectivity index (χ4v) is 3.34. The van der Waals surface area contributed by atoms with Gasteiger partial charge < -0.3 is 9.88 Å². The van der Waals surface area contributed by atoms with Gasteiger partial charge in [-0.3, -0.25) is 4.79 Å². The minimum absolute atomic E-state index is 0.0846. The van der Waals surface area contributed by atoms with Crippen molar-refractivity contribution in [2.45, 2.75) is 32.7 Å². The fourth-order valence-electron chi connectivity index (χ4n) is 3.34. The van der Waals surface area contributed by atoms with E-state index < -0.39 is 0 Å². The highest BCUT2D eigenvalue weighted by atomic mass is 16.2. The van der Waals surface area contributed by atoms with Crippen molar-refractivity contribution < 1.29 is 4.79 Å². The zero-order chi connectivity index (χ0) is 20.4. The molecule has 29 heavy (non-hydrogen) atoms. The van der Waals surface area contributed by atoms with Crippen LogP contribution in [0.2, 0.25) is 0 Å². The van der Waals surface area contributed by atoms with Crippen molar-refractivity contribution in [3.63, 3.8) is 0 Å². The Morgan fingerprint density at radius 3 is 2.38 bits per heavy atom. The van der Waals surface area contributed by atoms with Crippen LogP contribution in [0.25, 0.3) is 22.4 Å². The first-order valence-electron chi connectivity index (χ1n) is 9.69. The first-order chi connectivity index (χ1) is 13.9. The number of carbonyl (C=O) groups is 1. The van der Waals surface area contributed by atoms with Crippen molar-refractivity contribution >= 4 is 22.8 Å². The molecule has 0 bridgehead atoms. The summed E-state index contributed by atoms with van der Waals surface area (Å²) in [7, 11) is 0. The van der Waals surface area contributed by atoms with E-state index in [1.807, 2.05) is 41.0 Å². The second-order valence-electron chi connectivity index (χ2n) is 8.10. The number of nitrogens with one attached hydrogen (secondary N) is 1. The number of carbonyl (C=O) groups excluding carboxylic acids is 1. The summed E-state index contributed by atoms with van der Waals surface area (Å²) >= 11 is 0. The molecular weight excluding hydrogens is 360 g/mol. The van der Waals surface area contributed by atoms with Crippen LogP contribution in [0.15, 0.2) is 72.9 Å². The van der Waals surface area contributed by atoms with E-state index in [9.17, 15) is 4.79 Å². The molecule has 146 valence electrons. The van der Waals surface area contributed by atoms with Gasteiger partial charge in [-0.1, -0.05) is 63.2 Å². The second-order valence-corrected chi connectivity index (χ2v) is 8.10. The van der Waals surface area contributed by atoms with Crippen LogP contribution in [0.4, 0.5) is 5.82 Å². The lowest BCUT2D eigenvalue weighted by Crippen LogP contribution is -2.20. The molecule has 5 nitrogen and oxygen atoms in total. The van der Waals surface area contributed by atoms with E-state index in [-0.39, 0.29) is 17.9 Å². The molecule has 2 aromatic heterocycles. The second kappa shape index (κ2) is 7.51. The summed E-state index contributed by atoms with van der Waals surface area (Å²) in [6, 6.07) is 21.7. The smallest absolute Gasteiger partial charge is 0.245 e. The van der Waals surface area contributed by atoms with Crippen molar-refractivity contribution in [3.05, 3.63) is 78.5 Å². The number of nitrogens with zero attached hydrogens (tertiary/aromatic N) is 3. The van der Waals surface area contributed by atoms with Gasteiger partial charge >= 0.3 is 0 Å². The predicted molar refractivity (Wildman–Crippen MR) is 117 cm³/mol. The first kappa shape index (κ1) is 18.9. The number of rotatable bonds is 4.